The first kappa shape index (κ1) is 15.4. The fraction of sp³-hybridized carbons (Fsp3) is 0.600. The van der Waals surface area contributed by atoms with E-state index in [-0.39, 0.29) is 17.4 Å². The van der Waals surface area contributed by atoms with Gasteiger partial charge in [0, 0.05) is 18.6 Å². The van der Waals surface area contributed by atoms with Crippen molar-refractivity contribution in [2.75, 3.05) is 26.3 Å². The van der Waals surface area contributed by atoms with Crippen LogP contribution in [0.15, 0.2) is 24.3 Å². The molecule has 112 valence electrons. The van der Waals surface area contributed by atoms with Crippen molar-refractivity contribution in [3.8, 4) is 0 Å². The number of nitrogens with zero attached hydrogens (tertiary/aromatic N) is 1. The molecule has 1 aromatic rings. The highest BCUT2D eigenvalue weighted by atomic mass is 19.1. The number of benzene rings is 1. The van der Waals surface area contributed by atoms with Gasteiger partial charge in [-0.15, -0.1) is 0 Å². The van der Waals surface area contributed by atoms with Gasteiger partial charge in [-0.25, -0.2) is 4.39 Å². The van der Waals surface area contributed by atoms with Crippen LogP contribution < -0.4 is 11.3 Å². The second kappa shape index (κ2) is 6.63. The molecule has 1 saturated heterocycles. The van der Waals surface area contributed by atoms with Gasteiger partial charge in [0.1, 0.15) is 5.82 Å². The van der Waals surface area contributed by atoms with E-state index < -0.39 is 0 Å². The van der Waals surface area contributed by atoms with E-state index in [4.69, 9.17) is 10.6 Å². The number of ether oxygens (including phenoxy) is 1. The van der Waals surface area contributed by atoms with Gasteiger partial charge in [0.05, 0.1) is 19.3 Å². The minimum atomic E-state index is -0.228. The summed E-state index contributed by atoms with van der Waals surface area (Å²) >= 11 is 0. The summed E-state index contributed by atoms with van der Waals surface area (Å²) in [6.07, 6.45) is 0.944. The van der Waals surface area contributed by atoms with Crippen molar-refractivity contribution in [2.45, 2.75) is 31.8 Å². The maximum absolute atomic E-state index is 13.1. The third kappa shape index (κ3) is 3.01. The normalized spacial score (nSPS) is 21.4. The SMILES string of the molecule is CCC(C)(C(NN)c1ccc(F)cc1)N1CCOCC1. The van der Waals surface area contributed by atoms with Crippen LogP contribution in [0, 0.1) is 5.82 Å². The molecule has 2 unspecified atom stereocenters. The van der Waals surface area contributed by atoms with Gasteiger partial charge in [0.25, 0.3) is 0 Å². The van der Waals surface area contributed by atoms with E-state index in [1.807, 2.05) is 0 Å². The van der Waals surface area contributed by atoms with E-state index in [0.717, 1.165) is 38.3 Å². The molecule has 4 nitrogen and oxygen atoms in total. The van der Waals surface area contributed by atoms with Crippen LogP contribution in [0.5, 0.6) is 0 Å². The van der Waals surface area contributed by atoms with Gasteiger partial charge in [0.15, 0.2) is 0 Å². The molecule has 0 radical (unpaired) electrons. The molecule has 20 heavy (non-hydrogen) atoms. The summed E-state index contributed by atoms with van der Waals surface area (Å²) in [7, 11) is 0. The van der Waals surface area contributed by atoms with Crippen LogP contribution in [-0.2, 0) is 4.74 Å². The van der Waals surface area contributed by atoms with E-state index in [9.17, 15) is 4.39 Å². The fourth-order valence-electron chi connectivity index (χ4n) is 2.97. The summed E-state index contributed by atoms with van der Waals surface area (Å²) in [4.78, 5) is 2.41. The third-order valence-electron chi connectivity index (χ3n) is 4.44. The van der Waals surface area contributed by atoms with E-state index in [2.05, 4.69) is 24.2 Å². The van der Waals surface area contributed by atoms with Crippen molar-refractivity contribution in [2.24, 2.45) is 5.84 Å². The van der Waals surface area contributed by atoms with Crippen LogP contribution in [0.2, 0.25) is 0 Å². The highest BCUT2D eigenvalue weighted by Crippen LogP contribution is 2.34. The Morgan fingerprint density at radius 3 is 2.45 bits per heavy atom. The van der Waals surface area contributed by atoms with Crippen LogP contribution in [-0.4, -0.2) is 36.7 Å². The van der Waals surface area contributed by atoms with E-state index in [1.165, 1.54) is 12.1 Å². The monoisotopic (exact) mass is 281 g/mol. The Kier molecular flexibility index (Phi) is 5.10. The van der Waals surface area contributed by atoms with Crippen LogP contribution in [0.3, 0.4) is 0 Å². The van der Waals surface area contributed by atoms with E-state index in [0.29, 0.717) is 0 Å². The molecule has 1 heterocycles. The number of halogens is 1. The average Bonchev–Trinajstić information content (AvgIpc) is 2.50. The second-order valence-corrected chi connectivity index (χ2v) is 5.46. The summed E-state index contributed by atoms with van der Waals surface area (Å²) in [6.45, 7) is 7.63. The molecular weight excluding hydrogens is 257 g/mol. The van der Waals surface area contributed by atoms with Gasteiger partial charge in [-0.1, -0.05) is 19.1 Å². The topological polar surface area (TPSA) is 50.5 Å². The molecule has 0 aromatic heterocycles. The lowest BCUT2D eigenvalue weighted by Crippen LogP contribution is -2.58. The quantitative estimate of drug-likeness (QED) is 0.638. The molecule has 0 bridgehead atoms. The van der Waals surface area contributed by atoms with E-state index in [1.54, 1.807) is 12.1 Å². The molecule has 1 aliphatic rings. The number of nitrogens with one attached hydrogen (secondary N) is 1. The number of hydrazine groups is 1. The number of nitrogens with two attached hydrogens (primary N) is 1. The minimum absolute atomic E-state index is 0.0498. The smallest absolute Gasteiger partial charge is 0.123 e. The molecule has 3 N–H and O–H groups in total. The standard InChI is InChI=1S/C15H24FN3O/c1-3-15(2,19-8-10-20-11-9-19)14(18-17)12-4-6-13(16)7-5-12/h4-7,14,18H,3,8-11,17H2,1-2H3. The summed E-state index contributed by atoms with van der Waals surface area (Å²) < 4.78 is 18.5. The predicted octanol–water partition coefficient (Wildman–Crippen LogP) is 1.83. The second-order valence-electron chi connectivity index (χ2n) is 5.46. The molecule has 2 rings (SSSR count). The number of hydrogen-bond donors (Lipinski definition) is 2. The number of rotatable bonds is 5. The highest BCUT2D eigenvalue weighted by molar-refractivity contribution is 5.23. The third-order valence-corrected chi connectivity index (χ3v) is 4.44. The first-order valence-corrected chi connectivity index (χ1v) is 7.16. The lowest BCUT2D eigenvalue weighted by atomic mass is 9.83. The average molecular weight is 281 g/mol. The minimum Gasteiger partial charge on any atom is -0.379 e. The van der Waals surface area contributed by atoms with Gasteiger partial charge in [-0.05, 0) is 31.0 Å². The maximum Gasteiger partial charge on any atom is 0.123 e. The van der Waals surface area contributed by atoms with Crippen molar-refractivity contribution in [3.63, 3.8) is 0 Å². The predicted molar refractivity (Wildman–Crippen MR) is 77.6 cm³/mol. The Labute approximate surface area is 120 Å². The zero-order chi connectivity index (χ0) is 14.6. The van der Waals surface area contributed by atoms with Crippen LogP contribution >= 0.6 is 0 Å². The Hall–Kier alpha value is -1.01. The maximum atomic E-state index is 13.1. The number of morpholine rings is 1. The van der Waals surface area contributed by atoms with Gasteiger partial charge >= 0.3 is 0 Å². The Morgan fingerprint density at radius 1 is 1.35 bits per heavy atom. The molecule has 0 aliphatic carbocycles. The first-order valence-electron chi connectivity index (χ1n) is 7.16. The largest absolute Gasteiger partial charge is 0.379 e. The zero-order valence-electron chi connectivity index (χ0n) is 12.2. The molecule has 0 amide bonds. The van der Waals surface area contributed by atoms with Crippen LogP contribution in [0.1, 0.15) is 31.9 Å². The first-order chi connectivity index (χ1) is 9.61. The van der Waals surface area contributed by atoms with Crippen molar-refractivity contribution < 1.29 is 9.13 Å². The van der Waals surface area contributed by atoms with E-state index >= 15 is 0 Å². The zero-order valence-corrected chi connectivity index (χ0v) is 12.2. The van der Waals surface area contributed by atoms with Crippen molar-refractivity contribution >= 4 is 0 Å². The lowest BCUT2D eigenvalue weighted by molar-refractivity contribution is -0.0329. The van der Waals surface area contributed by atoms with Crippen LogP contribution in [0.25, 0.3) is 0 Å². The van der Waals surface area contributed by atoms with Gasteiger partial charge < -0.3 is 4.74 Å². The molecule has 0 saturated carbocycles. The summed E-state index contributed by atoms with van der Waals surface area (Å²) in [6, 6.07) is 6.51. The van der Waals surface area contributed by atoms with Crippen molar-refractivity contribution in [1.82, 2.24) is 10.3 Å². The lowest BCUT2D eigenvalue weighted by Gasteiger charge is -2.47. The van der Waals surface area contributed by atoms with Crippen molar-refractivity contribution in [1.29, 1.82) is 0 Å². The molecule has 5 heteroatoms. The fourth-order valence-corrected chi connectivity index (χ4v) is 2.97. The summed E-state index contributed by atoms with van der Waals surface area (Å²) in [5.74, 6) is 5.58. The van der Waals surface area contributed by atoms with Crippen LogP contribution in [0.4, 0.5) is 4.39 Å². The van der Waals surface area contributed by atoms with Crippen molar-refractivity contribution in [3.05, 3.63) is 35.6 Å². The molecule has 0 spiro atoms. The van der Waals surface area contributed by atoms with Gasteiger partial charge in [-0.2, -0.15) is 0 Å². The Bertz CT molecular complexity index is 420. The number of hydrogen-bond acceptors (Lipinski definition) is 4. The van der Waals surface area contributed by atoms with Gasteiger partial charge in [-0.3, -0.25) is 16.2 Å². The molecule has 1 fully saturated rings. The Balaban J connectivity index is 2.27. The summed E-state index contributed by atoms with van der Waals surface area (Å²) in [5, 5.41) is 0. The summed E-state index contributed by atoms with van der Waals surface area (Å²) in [5.41, 5.74) is 3.80. The van der Waals surface area contributed by atoms with Gasteiger partial charge in [0.2, 0.25) is 0 Å². The molecule has 2 atom stereocenters. The molecular formula is C15H24FN3O. The highest BCUT2D eigenvalue weighted by Gasteiger charge is 2.39. The molecule has 1 aliphatic heterocycles. The Morgan fingerprint density at radius 2 is 1.95 bits per heavy atom. The molecule has 1 aromatic carbocycles.